The molecule has 0 spiro atoms. The van der Waals surface area contributed by atoms with Gasteiger partial charge in [-0.25, -0.2) is 0 Å². The molecule has 2 atom stereocenters. The van der Waals surface area contributed by atoms with Gasteiger partial charge < -0.3 is 5.32 Å². The molecule has 0 heterocycles. The van der Waals surface area contributed by atoms with Crippen LogP contribution in [0, 0.1) is 0 Å². The van der Waals surface area contributed by atoms with Gasteiger partial charge >= 0.3 is 0 Å². The monoisotopic (exact) mass is 262 g/mol. The Kier molecular flexibility index (Phi) is 7.11. The minimum atomic E-state index is 0.400. The van der Waals surface area contributed by atoms with E-state index in [9.17, 15) is 0 Å². The van der Waals surface area contributed by atoms with Crippen molar-refractivity contribution in [3.8, 4) is 0 Å². The molecule has 0 saturated carbocycles. The first kappa shape index (κ1) is 16.2. The Morgan fingerprint density at radius 2 is 1.63 bits per heavy atom. The molecule has 0 aliphatic carbocycles. The molecule has 2 heteroatoms. The summed E-state index contributed by atoms with van der Waals surface area (Å²) in [6, 6.07) is 12.4. The zero-order chi connectivity index (χ0) is 14.3. The summed E-state index contributed by atoms with van der Waals surface area (Å²) in [5.41, 5.74) is 1.38. The first-order valence-corrected chi connectivity index (χ1v) is 7.65. The molecule has 0 fully saturated rings. The summed E-state index contributed by atoms with van der Waals surface area (Å²) >= 11 is 0. The number of hydrogen-bond acceptors (Lipinski definition) is 2. The van der Waals surface area contributed by atoms with Crippen molar-refractivity contribution in [3.63, 3.8) is 0 Å². The molecule has 2 nitrogen and oxygen atoms in total. The summed E-state index contributed by atoms with van der Waals surface area (Å²) < 4.78 is 0. The maximum Gasteiger partial charge on any atom is 0.0475 e. The van der Waals surface area contributed by atoms with E-state index in [1.807, 2.05) is 0 Å². The third-order valence-electron chi connectivity index (χ3n) is 4.23. The van der Waals surface area contributed by atoms with Gasteiger partial charge in [-0.15, -0.1) is 0 Å². The number of benzene rings is 1. The van der Waals surface area contributed by atoms with Crippen LogP contribution in [-0.2, 0) is 0 Å². The maximum atomic E-state index is 3.64. The van der Waals surface area contributed by atoms with Crippen molar-refractivity contribution >= 4 is 0 Å². The number of rotatable bonds is 8. The summed E-state index contributed by atoms with van der Waals surface area (Å²) in [6.45, 7) is 10.1. The zero-order valence-corrected chi connectivity index (χ0v) is 13.2. The Balaban J connectivity index is 2.86. The van der Waals surface area contributed by atoms with E-state index in [4.69, 9.17) is 0 Å². The fourth-order valence-corrected chi connectivity index (χ4v) is 2.88. The molecular weight excluding hydrogens is 232 g/mol. The number of nitrogens with one attached hydrogen (secondary N) is 1. The van der Waals surface area contributed by atoms with Crippen LogP contribution in [0.15, 0.2) is 30.3 Å². The van der Waals surface area contributed by atoms with Gasteiger partial charge in [0.2, 0.25) is 0 Å². The van der Waals surface area contributed by atoms with E-state index in [-0.39, 0.29) is 0 Å². The van der Waals surface area contributed by atoms with E-state index in [0.29, 0.717) is 18.1 Å². The molecule has 0 aliphatic rings. The van der Waals surface area contributed by atoms with Gasteiger partial charge in [0.1, 0.15) is 0 Å². The van der Waals surface area contributed by atoms with Crippen LogP contribution >= 0.6 is 0 Å². The lowest BCUT2D eigenvalue weighted by molar-refractivity contribution is 0.142. The Bertz CT molecular complexity index is 332. The Hall–Kier alpha value is -0.860. The summed E-state index contributed by atoms with van der Waals surface area (Å²) in [6.07, 6.45) is 2.43. The molecule has 0 bridgehead atoms. The average Bonchev–Trinajstić information content (AvgIpc) is 2.46. The van der Waals surface area contributed by atoms with Crippen LogP contribution < -0.4 is 5.32 Å². The second-order valence-corrected chi connectivity index (χ2v) is 5.32. The molecule has 0 amide bonds. The van der Waals surface area contributed by atoms with E-state index in [1.165, 1.54) is 18.4 Å². The van der Waals surface area contributed by atoms with Crippen LogP contribution in [0.4, 0.5) is 0 Å². The minimum Gasteiger partial charge on any atom is -0.309 e. The quantitative estimate of drug-likeness (QED) is 0.765. The van der Waals surface area contributed by atoms with Crippen LogP contribution in [0.5, 0.6) is 0 Å². The second kappa shape index (κ2) is 8.34. The van der Waals surface area contributed by atoms with Crippen LogP contribution in [-0.4, -0.2) is 30.6 Å². The Morgan fingerprint density at radius 3 is 2.11 bits per heavy atom. The molecule has 1 aromatic carbocycles. The molecule has 0 aliphatic heterocycles. The number of likely N-dealkylation sites (N-methyl/N-ethyl adjacent to an activating group) is 2. The maximum absolute atomic E-state index is 3.64. The predicted octanol–water partition coefficient (Wildman–Crippen LogP) is 3.85. The first-order valence-electron chi connectivity index (χ1n) is 7.65. The van der Waals surface area contributed by atoms with E-state index >= 15 is 0 Å². The van der Waals surface area contributed by atoms with Gasteiger partial charge in [0.25, 0.3) is 0 Å². The molecule has 1 aromatic rings. The van der Waals surface area contributed by atoms with Crippen LogP contribution in [0.25, 0.3) is 0 Å². The highest BCUT2D eigenvalue weighted by molar-refractivity contribution is 5.20. The molecule has 0 aromatic heterocycles. The zero-order valence-electron chi connectivity index (χ0n) is 13.2. The smallest absolute Gasteiger partial charge is 0.0475 e. The van der Waals surface area contributed by atoms with Crippen molar-refractivity contribution in [2.24, 2.45) is 0 Å². The predicted molar refractivity (Wildman–Crippen MR) is 84.5 cm³/mol. The number of hydrogen-bond donors (Lipinski definition) is 1. The lowest BCUT2D eigenvalue weighted by atomic mass is 9.97. The lowest BCUT2D eigenvalue weighted by Gasteiger charge is -2.37. The van der Waals surface area contributed by atoms with Crippen molar-refractivity contribution in [3.05, 3.63) is 35.9 Å². The fraction of sp³-hybridized carbons (Fsp3) is 0.647. The normalized spacial score (nSPS) is 14.9. The minimum absolute atomic E-state index is 0.400. The molecule has 1 N–H and O–H groups in total. The summed E-state index contributed by atoms with van der Waals surface area (Å²) in [5, 5.41) is 3.64. The Morgan fingerprint density at radius 1 is 1.05 bits per heavy atom. The van der Waals surface area contributed by atoms with Crippen molar-refractivity contribution in [1.29, 1.82) is 0 Å². The van der Waals surface area contributed by atoms with Crippen molar-refractivity contribution < 1.29 is 0 Å². The van der Waals surface area contributed by atoms with Crippen LogP contribution in [0.1, 0.15) is 52.1 Å². The first-order chi connectivity index (χ1) is 9.15. The highest BCUT2D eigenvalue weighted by atomic mass is 15.2. The van der Waals surface area contributed by atoms with Gasteiger partial charge in [-0.3, -0.25) is 4.90 Å². The molecule has 2 unspecified atom stereocenters. The van der Waals surface area contributed by atoms with Gasteiger partial charge in [-0.2, -0.15) is 0 Å². The average molecular weight is 262 g/mol. The molecule has 0 saturated heterocycles. The SMILES string of the molecule is CCNC(c1ccccc1)C(C)N(C)C(CC)CC. The van der Waals surface area contributed by atoms with Gasteiger partial charge in [-0.05, 0) is 38.9 Å². The van der Waals surface area contributed by atoms with Crippen molar-refractivity contribution in [2.75, 3.05) is 13.6 Å². The highest BCUT2D eigenvalue weighted by Gasteiger charge is 2.25. The van der Waals surface area contributed by atoms with E-state index in [1.54, 1.807) is 0 Å². The van der Waals surface area contributed by atoms with Gasteiger partial charge in [0.15, 0.2) is 0 Å². The summed E-state index contributed by atoms with van der Waals surface area (Å²) in [5.74, 6) is 0. The van der Waals surface area contributed by atoms with Gasteiger partial charge in [0.05, 0.1) is 0 Å². The lowest BCUT2D eigenvalue weighted by Crippen LogP contribution is -2.45. The van der Waals surface area contributed by atoms with Crippen molar-refractivity contribution in [2.45, 2.75) is 58.7 Å². The molecule has 19 heavy (non-hydrogen) atoms. The fourth-order valence-electron chi connectivity index (χ4n) is 2.88. The van der Waals surface area contributed by atoms with Gasteiger partial charge in [0, 0.05) is 18.1 Å². The van der Waals surface area contributed by atoms with Crippen LogP contribution in [0.2, 0.25) is 0 Å². The topological polar surface area (TPSA) is 15.3 Å². The van der Waals surface area contributed by atoms with Crippen molar-refractivity contribution in [1.82, 2.24) is 10.2 Å². The Labute approximate surface area is 119 Å². The van der Waals surface area contributed by atoms with E-state index < -0.39 is 0 Å². The summed E-state index contributed by atoms with van der Waals surface area (Å²) in [7, 11) is 2.26. The largest absolute Gasteiger partial charge is 0.309 e. The van der Waals surface area contributed by atoms with E-state index in [2.05, 4.69) is 75.3 Å². The second-order valence-electron chi connectivity index (χ2n) is 5.32. The molecular formula is C17H30N2. The molecule has 1 rings (SSSR count). The molecule has 0 radical (unpaired) electrons. The summed E-state index contributed by atoms with van der Waals surface area (Å²) in [4.78, 5) is 2.53. The third kappa shape index (κ3) is 4.32. The standard InChI is InChI=1S/C17H30N2/c1-6-16(7-2)19(5)14(4)17(18-8-3)15-12-10-9-11-13-15/h9-14,16-18H,6-8H2,1-5H3. The molecule has 108 valence electrons. The van der Waals surface area contributed by atoms with E-state index in [0.717, 1.165) is 6.54 Å². The van der Waals surface area contributed by atoms with Crippen LogP contribution in [0.3, 0.4) is 0 Å². The third-order valence-corrected chi connectivity index (χ3v) is 4.23. The highest BCUT2D eigenvalue weighted by Crippen LogP contribution is 2.23. The van der Waals surface area contributed by atoms with Gasteiger partial charge in [-0.1, -0.05) is 51.1 Å². The number of nitrogens with zero attached hydrogens (tertiary/aromatic N) is 1.